The Labute approximate surface area is 117 Å². The Morgan fingerprint density at radius 2 is 1.68 bits per heavy atom. The molecule has 0 spiro atoms. The highest BCUT2D eigenvalue weighted by molar-refractivity contribution is 5.31. The van der Waals surface area contributed by atoms with Gasteiger partial charge in [0.2, 0.25) is 0 Å². The standard InChI is InChI=1S/C16H27NO2/c1-5-11-18-15-7-9-16(10-8-15)19-14(4)12-17-13(3)6-2/h7-10,13-14,17H,5-6,11-12H2,1-4H3. The summed E-state index contributed by atoms with van der Waals surface area (Å²) in [5, 5.41) is 3.44. The molecule has 1 aromatic carbocycles. The largest absolute Gasteiger partial charge is 0.494 e. The molecule has 1 N–H and O–H groups in total. The Morgan fingerprint density at radius 3 is 2.26 bits per heavy atom. The lowest BCUT2D eigenvalue weighted by molar-refractivity contribution is 0.211. The zero-order valence-electron chi connectivity index (χ0n) is 12.6. The molecule has 2 atom stereocenters. The van der Waals surface area contributed by atoms with Gasteiger partial charge in [-0.1, -0.05) is 13.8 Å². The normalized spacial score (nSPS) is 13.9. The van der Waals surface area contributed by atoms with Gasteiger partial charge in [-0.15, -0.1) is 0 Å². The van der Waals surface area contributed by atoms with E-state index < -0.39 is 0 Å². The molecule has 0 radical (unpaired) electrons. The SMILES string of the molecule is CCCOc1ccc(OC(C)CNC(C)CC)cc1. The molecule has 0 aliphatic rings. The molecular formula is C16H27NO2. The van der Waals surface area contributed by atoms with E-state index in [2.05, 4.69) is 33.0 Å². The van der Waals surface area contributed by atoms with Gasteiger partial charge in [0.15, 0.2) is 0 Å². The van der Waals surface area contributed by atoms with Crippen LogP contribution in [0.25, 0.3) is 0 Å². The fourth-order valence-electron chi connectivity index (χ4n) is 1.62. The van der Waals surface area contributed by atoms with Crippen LogP contribution in [0, 0.1) is 0 Å². The van der Waals surface area contributed by atoms with Crippen LogP contribution in [0.4, 0.5) is 0 Å². The van der Waals surface area contributed by atoms with Gasteiger partial charge in [0.1, 0.15) is 17.6 Å². The quantitative estimate of drug-likeness (QED) is 0.739. The van der Waals surface area contributed by atoms with Gasteiger partial charge in [0, 0.05) is 12.6 Å². The van der Waals surface area contributed by atoms with Gasteiger partial charge in [0.25, 0.3) is 0 Å². The zero-order chi connectivity index (χ0) is 14.1. The van der Waals surface area contributed by atoms with Gasteiger partial charge in [-0.3, -0.25) is 0 Å². The molecule has 2 unspecified atom stereocenters. The third kappa shape index (κ3) is 6.48. The van der Waals surface area contributed by atoms with Gasteiger partial charge in [-0.05, 0) is 51.0 Å². The predicted octanol–water partition coefficient (Wildman–Crippen LogP) is 3.63. The zero-order valence-corrected chi connectivity index (χ0v) is 12.6. The molecule has 0 bridgehead atoms. The molecule has 0 saturated carbocycles. The average molecular weight is 265 g/mol. The summed E-state index contributed by atoms with van der Waals surface area (Å²) in [4.78, 5) is 0. The summed E-state index contributed by atoms with van der Waals surface area (Å²) in [5.74, 6) is 1.79. The summed E-state index contributed by atoms with van der Waals surface area (Å²) in [6, 6.07) is 8.38. The van der Waals surface area contributed by atoms with Crippen molar-refractivity contribution in [3.8, 4) is 11.5 Å². The van der Waals surface area contributed by atoms with Gasteiger partial charge < -0.3 is 14.8 Å². The van der Waals surface area contributed by atoms with Crippen molar-refractivity contribution >= 4 is 0 Å². The summed E-state index contributed by atoms with van der Waals surface area (Å²) in [7, 11) is 0. The lowest BCUT2D eigenvalue weighted by atomic mass is 10.2. The smallest absolute Gasteiger partial charge is 0.120 e. The number of rotatable bonds is 9. The van der Waals surface area contributed by atoms with Crippen LogP contribution >= 0.6 is 0 Å². The Balaban J connectivity index is 2.35. The highest BCUT2D eigenvalue weighted by atomic mass is 16.5. The molecule has 0 amide bonds. The Kier molecular flexibility index (Phi) is 7.34. The van der Waals surface area contributed by atoms with E-state index in [1.165, 1.54) is 0 Å². The van der Waals surface area contributed by atoms with Crippen LogP contribution in [0.15, 0.2) is 24.3 Å². The van der Waals surface area contributed by atoms with E-state index in [-0.39, 0.29) is 6.10 Å². The van der Waals surface area contributed by atoms with Gasteiger partial charge in [-0.25, -0.2) is 0 Å². The van der Waals surface area contributed by atoms with Crippen LogP contribution in [-0.2, 0) is 0 Å². The average Bonchev–Trinajstić information content (AvgIpc) is 2.44. The van der Waals surface area contributed by atoms with Gasteiger partial charge >= 0.3 is 0 Å². The number of hydrogen-bond acceptors (Lipinski definition) is 3. The first-order valence-corrected chi connectivity index (χ1v) is 7.28. The molecule has 1 aromatic rings. The highest BCUT2D eigenvalue weighted by Gasteiger charge is 2.06. The maximum atomic E-state index is 5.85. The van der Waals surface area contributed by atoms with E-state index >= 15 is 0 Å². The van der Waals surface area contributed by atoms with Crippen LogP contribution in [0.3, 0.4) is 0 Å². The molecule has 3 nitrogen and oxygen atoms in total. The molecule has 0 aliphatic heterocycles. The van der Waals surface area contributed by atoms with Crippen molar-refractivity contribution in [1.29, 1.82) is 0 Å². The third-order valence-electron chi connectivity index (χ3n) is 3.00. The van der Waals surface area contributed by atoms with E-state index in [1.807, 2.05) is 24.3 Å². The molecule has 3 heteroatoms. The number of nitrogens with one attached hydrogen (secondary N) is 1. The van der Waals surface area contributed by atoms with E-state index in [4.69, 9.17) is 9.47 Å². The van der Waals surface area contributed by atoms with E-state index in [0.29, 0.717) is 6.04 Å². The molecule has 108 valence electrons. The van der Waals surface area contributed by atoms with Crippen molar-refractivity contribution in [2.75, 3.05) is 13.2 Å². The number of benzene rings is 1. The van der Waals surface area contributed by atoms with Crippen LogP contribution < -0.4 is 14.8 Å². The molecule has 0 aromatic heterocycles. The van der Waals surface area contributed by atoms with Crippen LogP contribution in [0.2, 0.25) is 0 Å². The summed E-state index contributed by atoms with van der Waals surface area (Å²) < 4.78 is 11.4. The first-order chi connectivity index (χ1) is 9.15. The van der Waals surface area contributed by atoms with Crippen molar-refractivity contribution in [3.63, 3.8) is 0 Å². The van der Waals surface area contributed by atoms with Crippen LogP contribution in [0.5, 0.6) is 11.5 Å². The second-order valence-electron chi connectivity index (χ2n) is 4.97. The van der Waals surface area contributed by atoms with E-state index in [1.54, 1.807) is 0 Å². The second kappa shape index (κ2) is 8.81. The van der Waals surface area contributed by atoms with Crippen LogP contribution in [0.1, 0.15) is 40.5 Å². The Hall–Kier alpha value is -1.22. The minimum absolute atomic E-state index is 0.163. The highest BCUT2D eigenvalue weighted by Crippen LogP contribution is 2.18. The van der Waals surface area contributed by atoms with Gasteiger partial charge in [-0.2, -0.15) is 0 Å². The molecular weight excluding hydrogens is 238 g/mol. The Morgan fingerprint density at radius 1 is 1.05 bits per heavy atom. The minimum Gasteiger partial charge on any atom is -0.494 e. The summed E-state index contributed by atoms with van der Waals surface area (Å²) >= 11 is 0. The second-order valence-corrected chi connectivity index (χ2v) is 4.97. The summed E-state index contributed by atoms with van der Waals surface area (Å²) in [6.45, 7) is 10.2. The minimum atomic E-state index is 0.163. The predicted molar refractivity (Wildman–Crippen MR) is 80.1 cm³/mol. The van der Waals surface area contributed by atoms with E-state index in [9.17, 15) is 0 Å². The molecule has 1 rings (SSSR count). The number of hydrogen-bond donors (Lipinski definition) is 1. The molecule has 0 heterocycles. The van der Waals surface area contributed by atoms with E-state index in [0.717, 1.165) is 37.5 Å². The third-order valence-corrected chi connectivity index (χ3v) is 3.00. The van der Waals surface area contributed by atoms with Crippen molar-refractivity contribution in [1.82, 2.24) is 5.32 Å². The van der Waals surface area contributed by atoms with Crippen molar-refractivity contribution in [2.24, 2.45) is 0 Å². The molecule has 0 saturated heterocycles. The van der Waals surface area contributed by atoms with Crippen molar-refractivity contribution < 1.29 is 9.47 Å². The first kappa shape index (κ1) is 15.8. The van der Waals surface area contributed by atoms with Gasteiger partial charge in [0.05, 0.1) is 6.61 Å². The monoisotopic (exact) mass is 265 g/mol. The first-order valence-electron chi connectivity index (χ1n) is 7.28. The summed E-state index contributed by atoms with van der Waals surface area (Å²) in [6.07, 6.45) is 2.32. The molecule has 0 aliphatic carbocycles. The van der Waals surface area contributed by atoms with Crippen molar-refractivity contribution in [3.05, 3.63) is 24.3 Å². The lowest BCUT2D eigenvalue weighted by Crippen LogP contribution is -2.34. The lowest BCUT2D eigenvalue weighted by Gasteiger charge is -2.18. The maximum Gasteiger partial charge on any atom is 0.120 e. The summed E-state index contributed by atoms with van der Waals surface area (Å²) in [5.41, 5.74) is 0. The maximum absolute atomic E-state index is 5.85. The Bertz CT molecular complexity index is 337. The topological polar surface area (TPSA) is 30.5 Å². The van der Waals surface area contributed by atoms with Crippen LogP contribution in [-0.4, -0.2) is 25.3 Å². The van der Waals surface area contributed by atoms with Crippen molar-refractivity contribution in [2.45, 2.75) is 52.7 Å². The molecule has 0 fully saturated rings. The number of ether oxygens (including phenoxy) is 2. The fraction of sp³-hybridized carbons (Fsp3) is 0.625. The molecule has 19 heavy (non-hydrogen) atoms. The fourth-order valence-corrected chi connectivity index (χ4v) is 1.62.